The number of carbonyl (C=O) groups is 3. The van der Waals surface area contributed by atoms with Crippen LogP contribution in [0.1, 0.15) is 48.5 Å². The van der Waals surface area contributed by atoms with Gasteiger partial charge in [0.15, 0.2) is 0 Å². The summed E-state index contributed by atoms with van der Waals surface area (Å²) in [6, 6.07) is 8.63. The number of hydrogen-bond donors (Lipinski definition) is 1. The molecule has 2 aromatic carbocycles. The number of ether oxygens (including phenoxy) is 1. The molecule has 0 radical (unpaired) electrons. The van der Waals surface area contributed by atoms with Crippen LogP contribution in [-0.2, 0) is 22.6 Å². The van der Waals surface area contributed by atoms with Crippen LogP contribution in [0.15, 0.2) is 50.1 Å². The van der Waals surface area contributed by atoms with Crippen LogP contribution in [-0.4, -0.2) is 17.8 Å². The van der Waals surface area contributed by atoms with Gasteiger partial charge in [-0.05, 0) is 40.5 Å². The average molecular weight is 373 g/mol. The number of nitrogens with one attached hydrogen (secondary N) is 1. The number of benzene rings is 2. The van der Waals surface area contributed by atoms with Gasteiger partial charge in [-0.25, -0.2) is 0 Å². The second-order valence-corrected chi connectivity index (χ2v) is 6.25. The zero-order valence-corrected chi connectivity index (χ0v) is 15.3. The van der Waals surface area contributed by atoms with Gasteiger partial charge in [-0.2, -0.15) is 0 Å². The Labute approximate surface area is 163 Å². The molecular formula is C23H19NO4. The first-order valence-corrected chi connectivity index (χ1v) is 8.66. The van der Waals surface area contributed by atoms with Crippen molar-refractivity contribution in [3.05, 3.63) is 89.0 Å². The fourth-order valence-electron chi connectivity index (χ4n) is 3.19. The molecule has 0 aliphatic carbocycles. The van der Waals surface area contributed by atoms with Gasteiger partial charge in [0.05, 0.1) is 17.5 Å². The Morgan fingerprint density at radius 3 is 2.29 bits per heavy atom. The molecule has 0 fully saturated rings. The summed E-state index contributed by atoms with van der Waals surface area (Å²) in [6.07, 6.45) is 4.98. The number of carbonyl (C=O) groups excluding carboxylic acids is 3. The molecular weight excluding hydrogens is 354 g/mol. The molecule has 1 aliphatic rings. The highest BCUT2D eigenvalue weighted by Gasteiger charge is 2.29. The maximum absolute atomic E-state index is 12.4. The van der Waals surface area contributed by atoms with Crippen LogP contribution >= 0.6 is 0 Å². The Morgan fingerprint density at radius 2 is 1.68 bits per heavy atom. The lowest BCUT2D eigenvalue weighted by Crippen LogP contribution is -2.20. The topological polar surface area (TPSA) is 72.5 Å². The Balaban J connectivity index is 1.79. The minimum absolute atomic E-state index is 0.0408. The predicted molar refractivity (Wildman–Crippen MR) is 108 cm³/mol. The number of amides is 2. The first kappa shape index (κ1) is 19.0. The van der Waals surface area contributed by atoms with Crippen molar-refractivity contribution in [3.63, 3.8) is 0 Å². The van der Waals surface area contributed by atoms with E-state index in [4.69, 9.17) is 4.74 Å². The van der Waals surface area contributed by atoms with Crippen LogP contribution in [0.25, 0.3) is 18.2 Å². The van der Waals surface area contributed by atoms with Crippen LogP contribution in [0.4, 0.5) is 0 Å². The Bertz CT molecular complexity index is 1000. The van der Waals surface area contributed by atoms with Crippen LogP contribution in [0.5, 0.6) is 0 Å². The minimum Gasteiger partial charge on any atom is -0.461 e. The summed E-state index contributed by atoms with van der Waals surface area (Å²) in [4.78, 5) is 36.1. The lowest BCUT2D eigenvalue weighted by Gasteiger charge is -2.13. The van der Waals surface area contributed by atoms with Gasteiger partial charge < -0.3 is 4.74 Å². The van der Waals surface area contributed by atoms with Crippen molar-refractivity contribution in [3.8, 4) is 0 Å². The molecule has 2 amide bonds. The standard InChI is InChI=1S/C23H19NO4/c1-4-14-10-15(5-2)19(16(6-3)11-14)13-28-20(25)12-17-8-7-9-18-21(17)23(27)24-22(18)26/h4-11H,1-3,12-13H2,(H,24,26,27). The molecule has 140 valence electrons. The molecule has 0 saturated heterocycles. The van der Waals surface area contributed by atoms with Crippen molar-refractivity contribution in [2.24, 2.45) is 0 Å². The highest BCUT2D eigenvalue weighted by Crippen LogP contribution is 2.24. The molecule has 0 spiro atoms. The van der Waals surface area contributed by atoms with Crippen LogP contribution in [0.3, 0.4) is 0 Å². The van der Waals surface area contributed by atoms with E-state index in [1.807, 2.05) is 12.1 Å². The zero-order chi connectivity index (χ0) is 20.3. The molecule has 0 atom stereocenters. The van der Waals surface area contributed by atoms with Gasteiger partial charge in [-0.1, -0.05) is 50.1 Å². The first-order chi connectivity index (χ1) is 13.5. The number of rotatable bonds is 7. The molecule has 5 nitrogen and oxygen atoms in total. The lowest BCUT2D eigenvalue weighted by atomic mass is 9.97. The number of hydrogen-bond acceptors (Lipinski definition) is 4. The summed E-state index contributed by atoms with van der Waals surface area (Å²) in [5.74, 6) is -1.45. The van der Waals surface area contributed by atoms with Crippen molar-refractivity contribution in [1.82, 2.24) is 5.32 Å². The molecule has 1 aliphatic heterocycles. The summed E-state index contributed by atoms with van der Waals surface area (Å²) >= 11 is 0. The summed E-state index contributed by atoms with van der Waals surface area (Å²) in [5.41, 5.74) is 4.32. The third kappa shape index (κ3) is 3.55. The first-order valence-electron chi connectivity index (χ1n) is 8.66. The smallest absolute Gasteiger partial charge is 0.310 e. The highest BCUT2D eigenvalue weighted by atomic mass is 16.5. The fourth-order valence-corrected chi connectivity index (χ4v) is 3.19. The maximum atomic E-state index is 12.4. The largest absolute Gasteiger partial charge is 0.461 e. The van der Waals surface area contributed by atoms with Gasteiger partial charge in [0.1, 0.15) is 6.61 Å². The molecule has 1 heterocycles. The van der Waals surface area contributed by atoms with E-state index in [-0.39, 0.29) is 24.2 Å². The Kier molecular flexibility index (Phi) is 5.36. The maximum Gasteiger partial charge on any atom is 0.310 e. The molecule has 0 saturated carbocycles. The molecule has 28 heavy (non-hydrogen) atoms. The molecule has 3 rings (SSSR count). The molecule has 2 aromatic rings. The van der Waals surface area contributed by atoms with Crippen molar-refractivity contribution < 1.29 is 19.1 Å². The molecule has 1 N–H and O–H groups in total. The van der Waals surface area contributed by atoms with Gasteiger partial charge in [-0.15, -0.1) is 0 Å². The second-order valence-electron chi connectivity index (χ2n) is 6.25. The molecule has 0 bridgehead atoms. The average Bonchev–Trinajstić information content (AvgIpc) is 3.00. The predicted octanol–water partition coefficient (Wildman–Crippen LogP) is 3.79. The quantitative estimate of drug-likeness (QED) is 0.592. The van der Waals surface area contributed by atoms with E-state index in [9.17, 15) is 14.4 Å². The normalized spacial score (nSPS) is 12.1. The summed E-state index contributed by atoms with van der Waals surface area (Å²) in [7, 11) is 0. The van der Waals surface area contributed by atoms with Crippen molar-refractivity contribution in [2.75, 3.05) is 0 Å². The van der Waals surface area contributed by atoms with Crippen LogP contribution in [0.2, 0.25) is 0 Å². The van der Waals surface area contributed by atoms with Gasteiger partial charge in [0.2, 0.25) is 0 Å². The number of fused-ring (bicyclic) bond motifs is 1. The zero-order valence-electron chi connectivity index (χ0n) is 15.3. The van der Waals surface area contributed by atoms with Crippen molar-refractivity contribution >= 4 is 36.0 Å². The van der Waals surface area contributed by atoms with E-state index in [0.717, 1.165) is 22.3 Å². The second kappa shape index (κ2) is 7.88. The fraction of sp³-hybridized carbons (Fsp3) is 0.0870. The van der Waals surface area contributed by atoms with Crippen LogP contribution < -0.4 is 5.32 Å². The molecule has 5 heteroatoms. The lowest BCUT2D eigenvalue weighted by molar-refractivity contribution is -0.144. The summed E-state index contributed by atoms with van der Waals surface area (Å²) in [5, 5.41) is 2.23. The van der Waals surface area contributed by atoms with Crippen molar-refractivity contribution in [1.29, 1.82) is 0 Å². The summed E-state index contributed by atoms with van der Waals surface area (Å²) < 4.78 is 5.44. The van der Waals surface area contributed by atoms with E-state index in [2.05, 4.69) is 25.1 Å². The summed E-state index contributed by atoms with van der Waals surface area (Å²) in [6.45, 7) is 11.4. The van der Waals surface area contributed by atoms with E-state index < -0.39 is 17.8 Å². The third-order valence-electron chi connectivity index (χ3n) is 4.58. The van der Waals surface area contributed by atoms with Gasteiger partial charge in [-0.3, -0.25) is 19.7 Å². The minimum atomic E-state index is -0.502. The van der Waals surface area contributed by atoms with E-state index in [1.165, 1.54) is 0 Å². The number of esters is 1. The third-order valence-corrected chi connectivity index (χ3v) is 4.58. The Morgan fingerprint density at radius 1 is 1.00 bits per heavy atom. The highest BCUT2D eigenvalue weighted by molar-refractivity contribution is 6.22. The molecule has 0 aromatic heterocycles. The SMILES string of the molecule is C=Cc1cc(C=C)c(COC(=O)Cc2cccc3c2C(=O)NC3=O)c(C=C)c1. The van der Waals surface area contributed by atoms with E-state index in [0.29, 0.717) is 5.56 Å². The monoisotopic (exact) mass is 373 g/mol. The Hall–Kier alpha value is -3.73. The van der Waals surface area contributed by atoms with Gasteiger partial charge >= 0.3 is 5.97 Å². The van der Waals surface area contributed by atoms with E-state index in [1.54, 1.807) is 36.4 Å². The van der Waals surface area contributed by atoms with E-state index >= 15 is 0 Å². The number of imide groups is 1. The van der Waals surface area contributed by atoms with Crippen LogP contribution in [0, 0.1) is 0 Å². The van der Waals surface area contributed by atoms with Crippen molar-refractivity contribution in [2.45, 2.75) is 13.0 Å². The van der Waals surface area contributed by atoms with Gasteiger partial charge in [0, 0.05) is 5.56 Å². The van der Waals surface area contributed by atoms with Gasteiger partial charge in [0.25, 0.3) is 11.8 Å². The molecule has 0 unspecified atom stereocenters.